The second kappa shape index (κ2) is 4.54. The summed E-state index contributed by atoms with van der Waals surface area (Å²) < 4.78 is 40.6. The second-order valence-electron chi connectivity index (χ2n) is 3.99. The Morgan fingerprint density at radius 2 is 2.00 bits per heavy atom. The SMILES string of the molecule is NC1CCc2ccccc2NC1OC(F)(F)F. The minimum Gasteiger partial charge on any atom is -0.358 e. The summed E-state index contributed by atoms with van der Waals surface area (Å²) in [6.45, 7) is 0. The molecule has 0 fully saturated rings. The number of nitrogens with one attached hydrogen (secondary N) is 1. The molecule has 0 spiro atoms. The van der Waals surface area contributed by atoms with Crippen LogP contribution in [0.1, 0.15) is 12.0 Å². The van der Waals surface area contributed by atoms with Crippen LogP contribution in [0.15, 0.2) is 24.3 Å². The van der Waals surface area contributed by atoms with E-state index >= 15 is 0 Å². The second-order valence-corrected chi connectivity index (χ2v) is 3.99. The summed E-state index contributed by atoms with van der Waals surface area (Å²) in [5.74, 6) is 0. The molecule has 0 saturated heterocycles. The third-order valence-electron chi connectivity index (χ3n) is 2.71. The largest absolute Gasteiger partial charge is 0.524 e. The lowest BCUT2D eigenvalue weighted by Gasteiger charge is -2.24. The first-order valence-electron chi connectivity index (χ1n) is 5.30. The van der Waals surface area contributed by atoms with E-state index < -0.39 is 18.6 Å². The maximum Gasteiger partial charge on any atom is 0.524 e. The fourth-order valence-electron chi connectivity index (χ4n) is 1.87. The molecule has 1 aliphatic rings. The summed E-state index contributed by atoms with van der Waals surface area (Å²) >= 11 is 0. The van der Waals surface area contributed by atoms with Crippen molar-refractivity contribution in [2.45, 2.75) is 31.5 Å². The number of benzene rings is 1. The van der Waals surface area contributed by atoms with E-state index in [2.05, 4.69) is 10.1 Å². The van der Waals surface area contributed by atoms with E-state index in [0.29, 0.717) is 18.5 Å². The van der Waals surface area contributed by atoms with Crippen LogP contribution < -0.4 is 11.1 Å². The molecule has 0 aliphatic carbocycles. The summed E-state index contributed by atoms with van der Waals surface area (Å²) in [5, 5.41) is 2.70. The van der Waals surface area contributed by atoms with E-state index in [9.17, 15) is 13.2 Å². The number of ether oxygens (including phenoxy) is 1. The first-order chi connectivity index (χ1) is 7.96. The lowest BCUT2D eigenvalue weighted by atomic mass is 10.1. The van der Waals surface area contributed by atoms with Gasteiger partial charge >= 0.3 is 6.36 Å². The average molecular weight is 246 g/mol. The van der Waals surface area contributed by atoms with Gasteiger partial charge in [0.15, 0.2) is 6.23 Å². The number of rotatable bonds is 1. The molecule has 17 heavy (non-hydrogen) atoms. The first-order valence-corrected chi connectivity index (χ1v) is 5.30. The molecule has 2 unspecified atom stereocenters. The number of alkyl halides is 3. The van der Waals surface area contributed by atoms with Gasteiger partial charge in [0.05, 0.1) is 6.04 Å². The Morgan fingerprint density at radius 3 is 2.71 bits per heavy atom. The van der Waals surface area contributed by atoms with Crippen LogP contribution in [0.25, 0.3) is 0 Å². The van der Waals surface area contributed by atoms with E-state index in [1.165, 1.54) is 0 Å². The van der Waals surface area contributed by atoms with Crippen molar-refractivity contribution in [1.82, 2.24) is 0 Å². The monoisotopic (exact) mass is 246 g/mol. The van der Waals surface area contributed by atoms with Crippen LogP contribution in [0.3, 0.4) is 0 Å². The molecule has 1 aliphatic heterocycles. The van der Waals surface area contributed by atoms with Gasteiger partial charge in [-0.05, 0) is 24.5 Å². The summed E-state index contributed by atoms with van der Waals surface area (Å²) in [5.41, 5.74) is 7.28. The number of aryl methyl sites for hydroxylation is 1. The van der Waals surface area contributed by atoms with Crippen molar-refractivity contribution >= 4 is 5.69 Å². The molecule has 0 amide bonds. The summed E-state index contributed by atoms with van der Waals surface area (Å²) in [6, 6.07) is 6.50. The van der Waals surface area contributed by atoms with Crippen LogP contribution in [0.2, 0.25) is 0 Å². The van der Waals surface area contributed by atoms with Gasteiger partial charge in [0, 0.05) is 5.69 Å². The zero-order chi connectivity index (χ0) is 12.5. The van der Waals surface area contributed by atoms with Gasteiger partial charge in [-0.1, -0.05) is 18.2 Å². The maximum absolute atomic E-state index is 12.2. The van der Waals surface area contributed by atoms with Crippen LogP contribution in [-0.4, -0.2) is 18.6 Å². The molecule has 2 rings (SSSR count). The third-order valence-corrected chi connectivity index (χ3v) is 2.71. The number of nitrogens with two attached hydrogens (primary N) is 1. The Kier molecular flexibility index (Phi) is 3.26. The van der Waals surface area contributed by atoms with Crippen molar-refractivity contribution in [2.24, 2.45) is 5.73 Å². The van der Waals surface area contributed by atoms with Crippen molar-refractivity contribution < 1.29 is 17.9 Å². The van der Waals surface area contributed by atoms with E-state index in [4.69, 9.17) is 5.73 Å². The van der Waals surface area contributed by atoms with Gasteiger partial charge in [-0.2, -0.15) is 0 Å². The Hall–Kier alpha value is -1.27. The van der Waals surface area contributed by atoms with Gasteiger partial charge in [0.2, 0.25) is 0 Å². The van der Waals surface area contributed by atoms with Gasteiger partial charge in [0.25, 0.3) is 0 Å². The average Bonchev–Trinajstić information content (AvgIpc) is 2.38. The van der Waals surface area contributed by atoms with Crippen LogP contribution in [0.5, 0.6) is 0 Å². The molecule has 94 valence electrons. The first kappa shape index (κ1) is 12.2. The minimum atomic E-state index is -4.69. The van der Waals surface area contributed by atoms with Crippen LogP contribution in [0.4, 0.5) is 18.9 Å². The van der Waals surface area contributed by atoms with Crippen molar-refractivity contribution in [3.8, 4) is 0 Å². The maximum atomic E-state index is 12.2. The molecule has 1 aromatic carbocycles. The smallest absolute Gasteiger partial charge is 0.358 e. The highest BCUT2D eigenvalue weighted by molar-refractivity contribution is 5.52. The molecule has 1 heterocycles. The van der Waals surface area contributed by atoms with Gasteiger partial charge < -0.3 is 11.1 Å². The molecule has 0 aromatic heterocycles. The van der Waals surface area contributed by atoms with Gasteiger partial charge in [-0.25, -0.2) is 0 Å². The highest BCUT2D eigenvalue weighted by Crippen LogP contribution is 2.27. The lowest BCUT2D eigenvalue weighted by molar-refractivity contribution is -0.340. The van der Waals surface area contributed by atoms with E-state index in [1.807, 2.05) is 12.1 Å². The fourth-order valence-corrected chi connectivity index (χ4v) is 1.87. The van der Waals surface area contributed by atoms with Crippen LogP contribution >= 0.6 is 0 Å². The van der Waals surface area contributed by atoms with Crippen molar-refractivity contribution in [2.75, 3.05) is 5.32 Å². The Bertz CT molecular complexity index is 395. The lowest BCUT2D eigenvalue weighted by Crippen LogP contribution is -2.44. The van der Waals surface area contributed by atoms with E-state index in [0.717, 1.165) is 5.56 Å². The molecule has 0 radical (unpaired) electrons. The molecule has 3 N–H and O–H groups in total. The van der Waals surface area contributed by atoms with E-state index in [1.54, 1.807) is 12.1 Å². The van der Waals surface area contributed by atoms with Gasteiger partial charge in [0.1, 0.15) is 0 Å². The van der Waals surface area contributed by atoms with Crippen molar-refractivity contribution in [3.05, 3.63) is 29.8 Å². The number of para-hydroxylation sites is 1. The summed E-state index contributed by atoms with van der Waals surface area (Å²) in [4.78, 5) is 0. The van der Waals surface area contributed by atoms with E-state index in [-0.39, 0.29) is 0 Å². The van der Waals surface area contributed by atoms with Crippen LogP contribution in [-0.2, 0) is 11.2 Å². The predicted octanol–water partition coefficient (Wildman–Crippen LogP) is 2.23. The quantitative estimate of drug-likeness (QED) is 0.798. The molecule has 2 atom stereocenters. The molecule has 3 nitrogen and oxygen atoms in total. The standard InChI is InChI=1S/C11H13F3N2O/c12-11(13,14)17-10-8(15)6-5-7-3-1-2-4-9(7)16-10/h1-4,8,10,16H,5-6,15H2. The zero-order valence-electron chi connectivity index (χ0n) is 9.00. The molecule has 6 heteroatoms. The highest BCUT2D eigenvalue weighted by Gasteiger charge is 2.37. The molecular formula is C11H13F3N2O. The molecule has 0 saturated carbocycles. The van der Waals surface area contributed by atoms with Crippen molar-refractivity contribution in [1.29, 1.82) is 0 Å². The van der Waals surface area contributed by atoms with Gasteiger partial charge in [-0.15, -0.1) is 13.2 Å². The molecule has 0 bridgehead atoms. The Morgan fingerprint density at radius 1 is 1.29 bits per heavy atom. The summed E-state index contributed by atoms with van der Waals surface area (Å²) in [7, 11) is 0. The number of fused-ring (bicyclic) bond motifs is 1. The van der Waals surface area contributed by atoms with Crippen LogP contribution in [0, 0.1) is 0 Å². The van der Waals surface area contributed by atoms with Crippen molar-refractivity contribution in [3.63, 3.8) is 0 Å². The third kappa shape index (κ3) is 3.10. The minimum absolute atomic E-state index is 0.449. The Labute approximate surface area is 96.8 Å². The molecular weight excluding hydrogens is 233 g/mol. The van der Waals surface area contributed by atoms with Gasteiger partial charge in [-0.3, -0.25) is 4.74 Å². The number of halogens is 3. The topological polar surface area (TPSA) is 47.3 Å². The number of hydrogen-bond donors (Lipinski definition) is 2. The number of anilines is 1. The summed E-state index contributed by atoms with van der Waals surface area (Å²) in [6.07, 6.45) is -4.83. The molecule has 1 aromatic rings. The number of hydrogen-bond acceptors (Lipinski definition) is 3. The fraction of sp³-hybridized carbons (Fsp3) is 0.455. The predicted molar refractivity (Wildman–Crippen MR) is 57.3 cm³/mol. The zero-order valence-corrected chi connectivity index (χ0v) is 9.00. The normalized spacial score (nSPS) is 24.7. The highest BCUT2D eigenvalue weighted by atomic mass is 19.4. The Balaban J connectivity index is 2.18.